The maximum absolute atomic E-state index is 12.2. The van der Waals surface area contributed by atoms with E-state index in [-0.39, 0.29) is 5.91 Å². The minimum Gasteiger partial charge on any atom is -0.347 e. The molecule has 1 aromatic carbocycles. The van der Waals surface area contributed by atoms with Gasteiger partial charge in [0.05, 0.1) is 19.8 Å². The summed E-state index contributed by atoms with van der Waals surface area (Å²) >= 11 is 5.97. The van der Waals surface area contributed by atoms with Crippen molar-refractivity contribution >= 4 is 23.2 Å². The van der Waals surface area contributed by atoms with Crippen LogP contribution in [-0.4, -0.2) is 49.4 Å². The number of aryl methyl sites for hydroxylation is 1. The first-order chi connectivity index (χ1) is 10.6. The summed E-state index contributed by atoms with van der Waals surface area (Å²) in [5, 5.41) is 3.55. The van der Waals surface area contributed by atoms with Gasteiger partial charge in [-0.05, 0) is 24.6 Å². The van der Waals surface area contributed by atoms with Gasteiger partial charge in [-0.25, -0.2) is 0 Å². The number of benzene rings is 1. The number of hydrogen-bond donors (Lipinski definition) is 1. The molecule has 6 heteroatoms. The molecule has 0 bridgehead atoms. The Balaban J connectivity index is 1.51. The Bertz CT molecular complexity index is 548. The van der Waals surface area contributed by atoms with Gasteiger partial charge in [-0.1, -0.05) is 17.7 Å². The summed E-state index contributed by atoms with van der Waals surface area (Å²) in [5.41, 5.74) is 1.77. The van der Waals surface area contributed by atoms with Gasteiger partial charge in [-0.3, -0.25) is 9.69 Å². The zero-order valence-electron chi connectivity index (χ0n) is 12.7. The van der Waals surface area contributed by atoms with Crippen LogP contribution in [0.1, 0.15) is 18.4 Å². The summed E-state index contributed by atoms with van der Waals surface area (Å²) in [6.45, 7) is 5.29. The predicted octanol–water partition coefficient (Wildman–Crippen LogP) is 2.43. The first-order valence-electron chi connectivity index (χ1n) is 7.63. The number of anilines is 1. The molecule has 1 aromatic rings. The van der Waals surface area contributed by atoms with Crippen LogP contribution in [0.3, 0.4) is 0 Å². The van der Waals surface area contributed by atoms with Crippen molar-refractivity contribution in [2.75, 3.05) is 38.2 Å². The second-order valence-electron chi connectivity index (χ2n) is 5.89. The second kappa shape index (κ2) is 6.54. The van der Waals surface area contributed by atoms with Gasteiger partial charge >= 0.3 is 0 Å². The topological polar surface area (TPSA) is 50.8 Å². The third-order valence-corrected chi connectivity index (χ3v) is 4.51. The molecule has 2 aliphatic heterocycles. The van der Waals surface area contributed by atoms with Crippen LogP contribution in [0.2, 0.25) is 5.02 Å². The van der Waals surface area contributed by atoms with Crippen LogP contribution in [0, 0.1) is 6.92 Å². The molecule has 5 nitrogen and oxygen atoms in total. The number of nitrogens with one attached hydrogen (secondary N) is 1. The summed E-state index contributed by atoms with van der Waals surface area (Å²) in [6.07, 6.45) is 1.63. The molecule has 2 fully saturated rings. The zero-order chi connectivity index (χ0) is 15.6. The minimum absolute atomic E-state index is 0.0189. The zero-order valence-corrected chi connectivity index (χ0v) is 13.5. The fraction of sp³-hybridized carbons (Fsp3) is 0.562. The number of rotatable bonds is 3. The van der Waals surface area contributed by atoms with Crippen molar-refractivity contribution in [2.45, 2.75) is 25.6 Å². The average molecular weight is 325 g/mol. The summed E-state index contributed by atoms with van der Waals surface area (Å²) in [7, 11) is 0. The van der Waals surface area contributed by atoms with Gasteiger partial charge in [0, 0.05) is 36.6 Å². The smallest absolute Gasteiger partial charge is 0.238 e. The van der Waals surface area contributed by atoms with E-state index in [0.717, 1.165) is 37.2 Å². The molecule has 2 aliphatic rings. The molecule has 0 aromatic heterocycles. The summed E-state index contributed by atoms with van der Waals surface area (Å²) in [6, 6.07) is 5.50. The van der Waals surface area contributed by atoms with Gasteiger partial charge in [0.2, 0.25) is 5.91 Å². The quantitative estimate of drug-likeness (QED) is 0.927. The lowest BCUT2D eigenvalue weighted by Crippen LogP contribution is -2.47. The lowest BCUT2D eigenvalue weighted by Gasteiger charge is -2.37. The van der Waals surface area contributed by atoms with Crippen molar-refractivity contribution in [3.63, 3.8) is 0 Å². The molecular weight excluding hydrogens is 304 g/mol. The standard InChI is InChI=1S/C16H21ClN2O3/c1-12-2-3-13(17)10-14(12)18-15(20)11-19-6-4-16(5-7-19)21-8-9-22-16/h2-3,10H,4-9,11H2,1H3,(H,18,20). The molecule has 0 atom stereocenters. The van der Waals surface area contributed by atoms with Gasteiger partial charge in [0.15, 0.2) is 5.79 Å². The Morgan fingerprint density at radius 3 is 2.68 bits per heavy atom. The minimum atomic E-state index is -0.392. The van der Waals surface area contributed by atoms with E-state index in [9.17, 15) is 4.79 Å². The van der Waals surface area contributed by atoms with Gasteiger partial charge < -0.3 is 14.8 Å². The molecular formula is C16H21ClN2O3. The van der Waals surface area contributed by atoms with Crippen molar-refractivity contribution in [3.8, 4) is 0 Å². The van der Waals surface area contributed by atoms with Crippen molar-refractivity contribution in [1.82, 2.24) is 4.90 Å². The van der Waals surface area contributed by atoms with Crippen molar-refractivity contribution in [2.24, 2.45) is 0 Å². The van der Waals surface area contributed by atoms with E-state index in [4.69, 9.17) is 21.1 Å². The number of likely N-dealkylation sites (tertiary alicyclic amines) is 1. The normalized spacial score (nSPS) is 21.2. The number of nitrogens with zero attached hydrogens (tertiary/aromatic N) is 1. The highest BCUT2D eigenvalue weighted by Gasteiger charge is 2.39. The highest BCUT2D eigenvalue weighted by atomic mass is 35.5. The Hall–Kier alpha value is -1.14. The molecule has 0 saturated carbocycles. The van der Waals surface area contributed by atoms with E-state index in [1.807, 2.05) is 19.1 Å². The third kappa shape index (κ3) is 3.60. The number of halogens is 1. The molecule has 2 heterocycles. The highest BCUT2D eigenvalue weighted by molar-refractivity contribution is 6.31. The SMILES string of the molecule is Cc1ccc(Cl)cc1NC(=O)CN1CCC2(CC1)OCCO2. The Labute approximate surface area is 135 Å². The van der Waals surface area contributed by atoms with Crippen LogP contribution >= 0.6 is 11.6 Å². The Morgan fingerprint density at radius 1 is 1.32 bits per heavy atom. The lowest BCUT2D eigenvalue weighted by molar-refractivity contribution is -0.185. The van der Waals surface area contributed by atoms with Crippen molar-refractivity contribution in [1.29, 1.82) is 0 Å². The lowest BCUT2D eigenvalue weighted by atomic mass is 10.0. The number of carbonyl (C=O) groups is 1. The molecule has 1 spiro atoms. The number of piperidine rings is 1. The predicted molar refractivity (Wildman–Crippen MR) is 85.1 cm³/mol. The van der Waals surface area contributed by atoms with E-state index in [1.54, 1.807) is 6.07 Å². The van der Waals surface area contributed by atoms with E-state index >= 15 is 0 Å². The molecule has 1 amide bonds. The van der Waals surface area contributed by atoms with Crippen LogP contribution in [-0.2, 0) is 14.3 Å². The monoisotopic (exact) mass is 324 g/mol. The fourth-order valence-corrected chi connectivity index (χ4v) is 3.13. The number of carbonyl (C=O) groups excluding carboxylic acids is 1. The van der Waals surface area contributed by atoms with Crippen molar-refractivity contribution in [3.05, 3.63) is 28.8 Å². The maximum Gasteiger partial charge on any atom is 0.238 e. The Morgan fingerprint density at radius 2 is 2.00 bits per heavy atom. The van der Waals surface area contributed by atoms with E-state index in [0.29, 0.717) is 24.8 Å². The first kappa shape index (κ1) is 15.7. The maximum atomic E-state index is 12.2. The number of amides is 1. The molecule has 22 heavy (non-hydrogen) atoms. The Kier molecular flexibility index (Phi) is 4.68. The molecule has 0 unspecified atom stereocenters. The van der Waals surface area contributed by atoms with Crippen molar-refractivity contribution < 1.29 is 14.3 Å². The average Bonchev–Trinajstić information content (AvgIpc) is 2.94. The van der Waals surface area contributed by atoms with Gasteiger partial charge in [-0.2, -0.15) is 0 Å². The van der Waals surface area contributed by atoms with Gasteiger partial charge in [0.1, 0.15) is 0 Å². The molecule has 1 N–H and O–H groups in total. The highest BCUT2D eigenvalue weighted by Crippen LogP contribution is 2.31. The third-order valence-electron chi connectivity index (χ3n) is 4.27. The molecule has 0 radical (unpaired) electrons. The first-order valence-corrected chi connectivity index (χ1v) is 8.00. The summed E-state index contributed by atoms with van der Waals surface area (Å²) in [5.74, 6) is -0.411. The summed E-state index contributed by atoms with van der Waals surface area (Å²) in [4.78, 5) is 14.3. The second-order valence-corrected chi connectivity index (χ2v) is 6.33. The van der Waals surface area contributed by atoms with Gasteiger partial charge in [0.25, 0.3) is 0 Å². The van der Waals surface area contributed by atoms with E-state index in [1.165, 1.54) is 0 Å². The van der Waals surface area contributed by atoms with E-state index < -0.39 is 5.79 Å². The molecule has 3 rings (SSSR count). The van der Waals surface area contributed by atoms with Crippen LogP contribution < -0.4 is 5.32 Å². The van der Waals surface area contributed by atoms with E-state index in [2.05, 4.69) is 10.2 Å². The summed E-state index contributed by atoms with van der Waals surface area (Å²) < 4.78 is 11.4. The number of ether oxygens (including phenoxy) is 2. The molecule has 120 valence electrons. The van der Waals surface area contributed by atoms with Crippen LogP contribution in [0.4, 0.5) is 5.69 Å². The van der Waals surface area contributed by atoms with Crippen LogP contribution in [0.5, 0.6) is 0 Å². The number of hydrogen-bond acceptors (Lipinski definition) is 4. The molecule has 2 saturated heterocycles. The largest absolute Gasteiger partial charge is 0.347 e. The van der Waals surface area contributed by atoms with Crippen LogP contribution in [0.15, 0.2) is 18.2 Å². The fourth-order valence-electron chi connectivity index (χ4n) is 2.96. The van der Waals surface area contributed by atoms with Gasteiger partial charge in [-0.15, -0.1) is 0 Å². The van der Waals surface area contributed by atoms with Crippen LogP contribution in [0.25, 0.3) is 0 Å². The molecule has 0 aliphatic carbocycles.